The molecule has 1 rings (SSSR count). The van der Waals surface area contributed by atoms with E-state index in [9.17, 15) is 9.59 Å². The second-order valence-corrected chi connectivity index (χ2v) is 5.77. The molecule has 1 unspecified atom stereocenters. The zero-order valence-electron chi connectivity index (χ0n) is 12.8. The first-order chi connectivity index (χ1) is 10.3. The van der Waals surface area contributed by atoms with Gasteiger partial charge in [0.1, 0.15) is 5.92 Å². The quantitative estimate of drug-likeness (QED) is 0.432. The number of allylic oxidation sites excluding steroid dienone is 1. The van der Waals surface area contributed by atoms with E-state index in [0.29, 0.717) is 15.6 Å². The summed E-state index contributed by atoms with van der Waals surface area (Å²) >= 11 is 12.0. The third-order valence-corrected chi connectivity index (χ3v) is 3.48. The van der Waals surface area contributed by atoms with Gasteiger partial charge >= 0.3 is 5.97 Å². The van der Waals surface area contributed by atoms with Crippen LogP contribution in [0.3, 0.4) is 0 Å². The summed E-state index contributed by atoms with van der Waals surface area (Å²) in [5, 5.41) is 0.923. The van der Waals surface area contributed by atoms with Gasteiger partial charge in [-0.1, -0.05) is 29.3 Å². The van der Waals surface area contributed by atoms with Crippen molar-refractivity contribution in [2.24, 2.45) is 5.92 Å². The van der Waals surface area contributed by atoms with Crippen molar-refractivity contribution in [2.75, 3.05) is 20.7 Å². The fourth-order valence-electron chi connectivity index (χ4n) is 1.79. The number of benzene rings is 1. The summed E-state index contributed by atoms with van der Waals surface area (Å²) < 4.78 is 4.99. The summed E-state index contributed by atoms with van der Waals surface area (Å²) in [6, 6.07) is 4.96. The van der Waals surface area contributed by atoms with E-state index in [-0.39, 0.29) is 18.8 Å². The number of nitrogens with zero attached hydrogens (tertiary/aromatic N) is 1. The van der Waals surface area contributed by atoms with E-state index in [1.54, 1.807) is 50.3 Å². The Morgan fingerprint density at radius 2 is 2.00 bits per heavy atom. The molecule has 0 spiro atoms. The number of rotatable bonds is 7. The van der Waals surface area contributed by atoms with Gasteiger partial charge in [0, 0.05) is 30.3 Å². The molecular weight excluding hydrogens is 325 g/mol. The van der Waals surface area contributed by atoms with Gasteiger partial charge in [0.05, 0.1) is 6.61 Å². The van der Waals surface area contributed by atoms with E-state index in [4.69, 9.17) is 27.9 Å². The molecule has 0 radical (unpaired) electrons. The first-order valence-corrected chi connectivity index (χ1v) is 7.59. The Morgan fingerprint density at radius 1 is 1.32 bits per heavy atom. The predicted octanol–water partition coefficient (Wildman–Crippen LogP) is 3.36. The number of carbonyl (C=O) groups excluding carboxylic acids is 2. The second kappa shape index (κ2) is 8.81. The second-order valence-electron chi connectivity index (χ2n) is 4.93. The highest BCUT2D eigenvalue weighted by Gasteiger charge is 2.27. The van der Waals surface area contributed by atoms with Crippen LogP contribution in [0.4, 0.5) is 0 Å². The first kappa shape index (κ1) is 18.5. The smallest absolute Gasteiger partial charge is 0.317 e. The summed E-state index contributed by atoms with van der Waals surface area (Å²) in [5.74, 6) is -1.80. The normalized spacial score (nSPS) is 12.2. The zero-order chi connectivity index (χ0) is 16.7. The lowest BCUT2D eigenvalue weighted by molar-refractivity contribution is -0.150. The van der Waals surface area contributed by atoms with E-state index in [1.807, 2.05) is 0 Å². The Labute approximate surface area is 140 Å². The minimum Gasteiger partial charge on any atom is -0.465 e. The van der Waals surface area contributed by atoms with Crippen LogP contribution in [-0.2, 0) is 20.7 Å². The van der Waals surface area contributed by atoms with E-state index in [1.165, 1.54) is 6.08 Å². The summed E-state index contributed by atoms with van der Waals surface area (Å²) in [7, 11) is 3.58. The Balaban J connectivity index is 2.99. The number of halogens is 2. The van der Waals surface area contributed by atoms with Gasteiger partial charge in [-0.25, -0.2) is 0 Å². The maximum Gasteiger partial charge on any atom is 0.317 e. The van der Waals surface area contributed by atoms with Gasteiger partial charge < -0.3 is 9.64 Å². The topological polar surface area (TPSA) is 46.6 Å². The number of ether oxygens (including phenoxy) is 1. The van der Waals surface area contributed by atoms with Crippen molar-refractivity contribution in [3.63, 3.8) is 0 Å². The maximum atomic E-state index is 12.3. The molecule has 22 heavy (non-hydrogen) atoms. The average molecular weight is 344 g/mol. The van der Waals surface area contributed by atoms with Gasteiger partial charge in [-0.2, -0.15) is 0 Å². The third-order valence-electron chi connectivity index (χ3n) is 2.89. The molecule has 120 valence electrons. The van der Waals surface area contributed by atoms with Crippen molar-refractivity contribution in [1.29, 1.82) is 0 Å². The summed E-state index contributed by atoms with van der Waals surface area (Å²) in [6.07, 6.45) is 3.13. The molecule has 0 N–H and O–H groups in total. The van der Waals surface area contributed by atoms with Gasteiger partial charge in [-0.15, -0.1) is 0 Å². The summed E-state index contributed by atoms with van der Waals surface area (Å²) in [4.78, 5) is 26.0. The number of ketones is 1. The highest BCUT2D eigenvalue weighted by atomic mass is 35.5. The van der Waals surface area contributed by atoms with Gasteiger partial charge in [-0.3, -0.25) is 9.59 Å². The molecule has 0 aliphatic heterocycles. The molecule has 0 aliphatic rings. The summed E-state index contributed by atoms with van der Waals surface area (Å²) in [5.41, 5.74) is 0.677. The minimum absolute atomic E-state index is 0.172. The molecule has 0 aliphatic carbocycles. The lowest BCUT2D eigenvalue weighted by Gasteiger charge is -2.14. The van der Waals surface area contributed by atoms with Crippen molar-refractivity contribution in [2.45, 2.75) is 13.3 Å². The van der Waals surface area contributed by atoms with E-state index in [2.05, 4.69) is 0 Å². The van der Waals surface area contributed by atoms with Crippen LogP contribution >= 0.6 is 23.2 Å². The molecule has 4 nitrogen and oxygen atoms in total. The van der Waals surface area contributed by atoms with E-state index >= 15 is 0 Å². The molecule has 1 aromatic rings. The van der Waals surface area contributed by atoms with Crippen molar-refractivity contribution < 1.29 is 14.3 Å². The zero-order valence-corrected chi connectivity index (χ0v) is 14.3. The highest BCUT2D eigenvalue weighted by Crippen LogP contribution is 2.24. The van der Waals surface area contributed by atoms with Gasteiger partial charge in [-0.05, 0) is 37.1 Å². The van der Waals surface area contributed by atoms with Crippen LogP contribution in [0.25, 0.3) is 0 Å². The largest absolute Gasteiger partial charge is 0.465 e. The van der Waals surface area contributed by atoms with Crippen LogP contribution < -0.4 is 0 Å². The lowest BCUT2D eigenvalue weighted by atomic mass is 9.95. The molecule has 0 amide bonds. The van der Waals surface area contributed by atoms with Crippen molar-refractivity contribution >= 4 is 35.0 Å². The number of hydrogen-bond acceptors (Lipinski definition) is 4. The molecule has 0 saturated carbocycles. The van der Waals surface area contributed by atoms with Crippen LogP contribution in [0.5, 0.6) is 0 Å². The van der Waals surface area contributed by atoms with E-state index < -0.39 is 11.9 Å². The van der Waals surface area contributed by atoms with Crippen molar-refractivity contribution in [3.05, 3.63) is 46.1 Å². The molecule has 0 saturated heterocycles. The maximum absolute atomic E-state index is 12.3. The first-order valence-electron chi connectivity index (χ1n) is 6.84. The molecule has 0 bridgehead atoms. The number of hydrogen-bond donors (Lipinski definition) is 0. The van der Waals surface area contributed by atoms with Crippen LogP contribution in [0.1, 0.15) is 12.5 Å². The molecule has 0 fully saturated rings. The molecule has 0 aromatic heterocycles. The van der Waals surface area contributed by atoms with Gasteiger partial charge in [0.15, 0.2) is 5.78 Å². The molecule has 0 heterocycles. The standard InChI is InChI=1S/C16H19Cl2NO3/c1-4-22-16(21)13(15(20)7-8-19(2)3)9-11-5-6-12(17)10-14(11)18/h5-8,10,13H,4,9H2,1-3H3. The Hall–Kier alpha value is -1.52. The molecule has 6 heteroatoms. The van der Waals surface area contributed by atoms with Crippen LogP contribution in [0.2, 0.25) is 10.0 Å². The lowest BCUT2D eigenvalue weighted by Crippen LogP contribution is -2.27. The van der Waals surface area contributed by atoms with Crippen LogP contribution in [0.15, 0.2) is 30.5 Å². The molecular formula is C16H19Cl2NO3. The third kappa shape index (κ3) is 5.70. The number of esters is 1. The van der Waals surface area contributed by atoms with Crippen LogP contribution in [0, 0.1) is 5.92 Å². The Morgan fingerprint density at radius 3 is 2.55 bits per heavy atom. The predicted molar refractivity (Wildman–Crippen MR) is 88.1 cm³/mol. The van der Waals surface area contributed by atoms with Crippen molar-refractivity contribution in [1.82, 2.24) is 4.90 Å². The number of carbonyl (C=O) groups is 2. The fraction of sp³-hybridized carbons (Fsp3) is 0.375. The Bertz CT molecular complexity index is 571. The molecule has 1 aromatic carbocycles. The fourth-order valence-corrected chi connectivity index (χ4v) is 2.27. The summed E-state index contributed by atoms with van der Waals surface area (Å²) in [6.45, 7) is 1.92. The monoisotopic (exact) mass is 343 g/mol. The average Bonchev–Trinajstić information content (AvgIpc) is 2.44. The van der Waals surface area contributed by atoms with E-state index in [0.717, 1.165) is 0 Å². The minimum atomic E-state index is -0.921. The van der Waals surface area contributed by atoms with Gasteiger partial charge in [0.25, 0.3) is 0 Å². The van der Waals surface area contributed by atoms with Gasteiger partial charge in [0.2, 0.25) is 0 Å². The molecule has 1 atom stereocenters. The van der Waals surface area contributed by atoms with Crippen molar-refractivity contribution in [3.8, 4) is 0 Å². The SMILES string of the molecule is CCOC(=O)C(Cc1ccc(Cl)cc1Cl)C(=O)C=CN(C)C. The Kier molecular flexibility index (Phi) is 7.42. The highest BCUT2D eigenvalue weighted by molar-refractivity contribution is 6.35. The van der Waals surface area contributed by atoms with Crippen LogP contribution in [-0.4, -0.2) is 37.4 Å².